The largest absolute Gasteiger partial charge is 0.338 e. The van der Waals surface area contributed by atoms with Gasteiger partial charge in [0.05, 0.1) is 12.1 Å². The summed E-state index contributed by atoms with van der Waals surface area (Å²) in [5, 5.41) is 7.19. The molecule has 1 fully saturated rings. The van der Waals surface area contributed by atoms with Crippen molar-refractivity contribution < 1.29 is 4.52 Å². The highest BCUT2D eigenvalue weighted by Crippen LogP contribution is 2.21. The third-order valence-electron chi connectivity index (χ3n) is 2.47. The molecule has 0 aliphatic carbocycles. The molecule has 78 valence electrons. The lowest BCUT2D eigenvalue weighted by atomic mass is 10.1. The van der Waals surface area contributed by atoms with Crippen LogP contribution in [0.1, 0.15) is 50.0 Å². The highest BCUT2D eigenvalue weighted by Gasteiger charge is 2.21. The van der Waals surface area contributed by atoms with Crippen LogP contribution in [-0.2, 0) is 0 Å². The van der Waals surface area contributed by atoms with Crippen LogP contribution in [0.25, 0.3) is 0 Å². The van der Waals surface area contributed by atoms with Gasteiger partial charge in [0.2, 0.25) is 5.89 Å². The molecule has 1 aliphatic heterocycles. The molecule has 2 unspecified atom stereocenters. The van der Waals surface area contributed by atoms with Crippen LogP contribution in [0, 0.1) is 0 Å². The van der Waals surface area contributed by atoms with Crippen molar-refractivity contribution in [3.8, 4) is 0 Å². The summed E-state index contributed by atoms with van der Waals surface area (Å²) in [6, 6.07) is 0.0693. The maximum atomic E-state index is 5.65. The Balaban J connectivity index is 2.07. The van der Waals surface area contributed by atoms with E-state index in [0.717, 1.165) is 13.0 Å². The minimum absolute atomic E-state index is 0.156. The first kappa shape index (κ1) is 9.61. The van der Waals surface area contributed by atoms with Crippen molar-refractivity contribution >= 4 is 0 Å². The molecule has 2 atom stereocenters. The van der Waals surface area contributed by atoms with E-state index >= 15 is 0 Å². The normalized spacial score (nSPS) is 24.9. The van der Waals surface area contributed by atoms with Gasteiger partial charge in [-0.1, -0.05) is 11.6 Å². The Kier molecular flexibility index (Phi) is 2.79. The molecule has 14 heavy (non-hydrogen) atoms. The van der Waals surface area contributed by atoms with Crippen molar-refractivity contribution in [2.75, 3.05) is 6.54 Å². The lowest BCUT2D eigenvalue weighted by Crippen LogP contribution is -2.27. The standard InChI is InChI=1S/C9H16N4O/c1-6(10)8-12-9(14-13-8)7-4-2-3-5-11-7/h6-7,11H,2-5,10H2,1H3. The van der Waals surface area contributed by atoms with Gasteiger partial charge in [-0.05, 0) is 26.3 Å². The van der Waals surface area contributed by atoms with E-state index in [9.17, 15) is 0 Å². The highest BCUT2D eigenvalue weighted by atomic mass is 16.5. The van der Waals surface area contributed by atoms with Crippen molar-refractivity contribution in [3.63, 3.8) is 0 Å². The van der Waals surface area contributed by atoms with E-state index in [1.165, 1.54) is 12.8 Å². The van der Waals surface area contributed by atoms with Crippen LogP contribution < -0.4 is 11.1 Å². The van der Waals surface area contributed by atoms with Crippen LogP contribution in [-0.4, -0.2) is 16.7 Å². The monoisotopic (exact) mass is 196 g/mol. The maximum Gasteiger partial charge on any atom is 0.243 e. The van der Waals surface area contributed by atoms with Gasteiger partial charge in [0.1, 0.15) is 0 Å². The molecule has 5 heteroatoms. The van der Waals surface area contributed by atoms with Crippen LogP contribution in [0.4, 0.5) is 0 Å². The van der Waals surface area contributed by atoms with Gasteiger partial charge in [0.15, 0.2) is 5.82 Å². The number of rotatable bonds is 2. The molecular formula is C9H16N4O. The van der Waals surface area contributed by atoms with E-state index in [1.54, 1.807) is 0 Å². The summed E-state index contributed by atoms with van der Waals surface area (Å²) in [6.07, 6.45) is 3.51. The summed E-state index contributed by atoms with van der Waals surface area (Å²) >= 11 is 0. The zero-order valence-electron chi connectivity index (χ0n) is 8.36. The Bertz CT molecular complexity index is 291. The second-order valence-electron chi connectivity index (χ2n) is 3.78. The smallest absolute Gasteiger partial charge is 0.243 e. The number of nitrogens with two attached hydrogens (primary N) is 1. The Labute approximate surface area is 83.1 Å². The van der Waals surface area contributed by atoms with Gasteiger partial charge in [0.25, 0.3) is 0 Å². The SMILES string of the molecule is CC(N)c1noc(C2CCCCN2)n1. The molecule has 5 nitrogen and oxygen atoms in total. The number of nitrogens with one attached hydrogen (secondary N) is 1. The average molecular weight is 196 g/mol. The number of nitrogens with zero attached hydrogens (tertiary/aromatic N) is 2. The predicted molar refractivity (Wildman–Crippen MR) is 51.5 cm³/mol. The van der Waals surface area contributed by atoms with Crippen LogP contribution in [0.15, 0.2) is 4.52 Å². The van der Waals surface area contributed by atoms with E-state index in [0.29, 0.717) is 11.7 Å². The lowest BCUT2D eigenvalue weighted by Gasteiger charge is -2.19. The molecule has 0 saturated carbocycles. The van der Waals surface area contributed by atoms with Gasteiger partial charge in [-0.25, -0.2) is 0 Å². The molecule has 1 aliphatic rings. The molecule has 1 saturated heterocycles. The zero-order chi connectivity index (χ0) is 9.97. The van der Waals surface area contributed by atoms with E-state index < -0.39 is 0 Å². The molecule has 0 radical (unpaired) electrons. The Morgan fingerprint density at radius 3 is 3.00 bits per heavy atom. The first-order valence-electron chi connectivity index (χ1n) is 5.10. The molecule has 1 aromatic rings. The second kappa shape index (κ2) is 4.06. The van der Waals surface area contributed by atoms with Gasteiger partial charge in [-0.3, -0.25) is 0 Å². The maximum absolute atomic E-state index is 5.65. The first-order chi connectivity index (χ1) is 6.77. The first-order valence-corrected chi connectivity index (χ1v) is 5.10. The predicted octanol–water partition coefficient (Wildman–Crippen LogP) is 0.904. The minimum Gasteiger partial charge on any atom is -0.338 e. The Morgan fingerprint density at radius 1 is 1.57 bits per heavy atom. The van der Waals surface area contributed by atoms with Gasteiger partial charge >= 0.3 is 0 Å². The highest BCUT2D eigenvalue weighted by molar-refractivity contribution is 4.96. The molecule has 0 spiro atoms. The van der Waals surface area contributed by atoms with Crippen molar-refractivity contribution in [1.82, 2.24) is 15.5 Å². The minimum atomic E-state index is -0.156. The van der Waals surface area contributed by atoms with Crippen LogP contribution in [0.5, 0.6) is 0 Å². The Hall–Kier alpha value is -0.940. The average Bonchev–Trinajstić information content (AvgIpc) is 2.68. The molecule has 1 aromatic heterocycles. The van der Waals surface area contributed by atoms with Gasteiger partial charge < -0.3 is 15.6 Å². The second-order valence-corrected chi connectivity index (χ2v) is 3.78. The third kappa shape index (κ3) is 1.93. The van der Waals surface area contributed by atoms with E-state index in [4.69, 9.17) is 10.3 Å². The summed E-state index contributed by atoms with van der Waals surface area (Å²) in [7, 11) is 0. The fraction of sp³-hybridized carbons (Fsp3) is 0.778. The fourth-order valence-electron chi connectivity index (χ4n) is 1.64. The third-order valence-corrected chi connectivity index (χ3v) is 2.47. The van der Waals surface area contributed by atoms with E-state index in [1.807, 2.05) is 6.92 Å². The van der Waals surface area contributed by atoms with Crippen molar-refractivity contribution in [2.24, 2.45) is 5.73 Å². The van der Waals surface area contributed by atoms with Gasteiger partial charge in [0, 0.05) is 0 Å². The molecule has 3 N–H and O–H groups in total. The summed E-state index contributed by atoms with van der Waals surface area (Å²) < 4.78 is 5.16. The number of aromatic nitrogens is 2. The van der Waals surface area contributed by atoms with E-state index in [-0.39, 0.29) is 12.1 Å². The molecular weight excluding hydrogens is 180 g/mol. The Morgan fingerprint density at radius 2 is 2.43 bits per heavy atom. The molecule has 0 bridgehead atoms. The summed E-state index contributed by atoms with van der Waals surface area (Å²) in [5.74, 6) is 1.27. The topological polar surface area (TPSA) is 77.0 Å². The summed E-state index contributed by atoms with van der Waals surface area (Å²) in [4.78, 5) is 4.27. The van der Waals surface area contributed by atoms with Crippen LogP contribution >= 0.6 is 0 Å². The van der Waals surface area contributed by atoms with Crippen molar-refractivity contribution in [2.45, 2.75) is 38.3 Å². The van der Waals surface area contributed by atoms with Crippen molar-refractivity contribution in [3.05, 3.63) is 11.7 Å². The molecule has 2 heterocycles. The van der Waals surface area contributed by atoms with Gasteiger partial charge in [-0.15, -0.1) is 0 Å². The number of hydrogen-bond acceptors (Lipinski definition) is 5. The molecule has 0 amide bonds. The summed E-state index contributed by atoms with van der Waals surface area (Å²) in [6.45, 7) is 2.88. The van der Waals surface area contributed by atoms with Gasteiger partial charge in [-0.2, -0.15) is 4.98 Å². The van der Waals surface area contributed by atoms with Crippen LogP contribution in [0.3, 0.4) is 0 Å². The molecule has 0 aromatic carbocycles. The summed E-state index contributed by atoms with van der Waals surface area (Å²) in [5.41, 5.74) is 5.65. The number of piperidine rings is 1. The molecule has 2 rings (SSSR count). The van der Waals surface area contributed by atoms with Crippen molar-refractivity contribution in [1.29, 1.82) is 0 Å². The quantitative estimate of drug-likeness (QED) is 0.735. The zero-order valence-corrected chi connectivity index (χ0v) is 8.36. The van der Waals surface area contributed by atoms with E-state index in [2.05, 4.69) is 15.5 Å². The van der Waals surface area contributed by atoms with Crippen LogP contribution in [0.2, 0.25) is 0 Å². The fourth-order valence-corrected chi connectivity index (χ4v) is 1.64. The number of hydrogen-bond donors (Lipinski definition) is 2. The lowest BCUT2D eigenvalue weighted by molar-refractivity contribution is 0.295.